The minimum Gasteiger partial charge on any atom is -0.393 e. The molecular weight excluding hydrogens is 524 g/mol. The van der Waals surface area contributed by atoms with Crippen LogP contribution in [-0.2, 0) is 19.9 Å². The first-order valence-electron chi connectivity index (χ1n) is 14.3. The van der Waals surface area contributed by atoms with Crippen molar-refractivity contribution in [3.8, 4) is 0 Å². The number of Topliss-reactive ketones (excluding diaryl/α,β-unsaturated/α-hetero) is 1. The Labute approximate surface area is 240 Å². The van der Waals surface area contributed by atoms with Crippen LogP contribution in [0.4, 0.5) is 0 Å². The minimum absolute atomic E-state index is 0.238. The molecule has 0 aliphatic rings. The summed E-state index contributed by atoms with van der Waals surface area (Å²) in [4.78, 5) is 12.5. The maximum atomic E-state index is 12.3. The first kappa shape index (κ1) is 33.4. The molecule has 218 valence electrons. The van der Waals surface area contributed by atoms with Gasteiger partial charge in [0.05, 0.1) is 18.1 Å². The van der Waals surface area contributed by atoms with Crippen LogP contribution in [0, 0.1) is 0 Å². The molecule has 3 aromatic rings. The Balaban J connectivity index is 0.000000285. The van der Waals surface area contributed by atoms with E-state index in [2.05, 4.69) is 6.92 Å². The van der Waals surface area contributed by atoms with Gasteiger partial charge in [0.1, 0.15) is 0 Å². The molecule has 0 heterocycles. The highest BCUT2D eigenvalue weighted by molar-refractivity contribution is 7.86. The lowest BCUT2D eigenvalue weighted by atomic mass is 9.87. The first-order valence-corrected chi connectivity index (χ1v) is 15.7. The zero-order chi connectivity index (χ0) is 29.1. The van der Waals surface area contributed by atoms with Gasteiger partial charge in [-0.2, -0.15) is 8.42 Å². The number of aliphatic hydroxyl groups excluding tert-OH is 1. The van der Waals surface area contributed by atoms with E-state index in [1.165, 1.54) is 51.4 Å². The summed E-state index contributed by atoms with van der Waals surface area (Å²) in [7, 11) is -3.57. The smallest absolute Gasteiger partial charge is 0.296 e. The predicted molar refractivity (Wildman–Crippen MR) is 160 cm³/mol. The lowest BCUT2D eigenvalue weighted by Gasteiger charge is -2.24. The zero-order valence-corrected chi connectivity index (χ0v) is 24.4. The molecule has 2 N–H and O–H groups in total. The predicted octanol–water partition coefficient (Wildman–Crippen LogP) is 7.06. The van der Waals surface area contributed by atoms with Crippen molar-refractivity contribution in [1.82, 2.24) is 0 Å². The van der Waals surface area contributed by atoms with Crippen LogP contribution in [0.15, 0.2) is 95.9 Å². The molecular formula is C33H44O6S. The number of aliphatic hydroxyl groups is 2. The number of benzene rings is 3. The summed E-state index contributed by atoms with van der Waals surface area (Å²) in [5.41, 5.74) is -1.12. The molecule has 0 aromatic heterocycles. The number of hydrogen-bond acceptors (Lipinski definition) is 6. The van der Waals surface area contributed by atoms with Crippen LogP contribution in [0.2, 0.25) is 0 Å². The van der Waals surface area contributed by atoms with Crippen LogP contribution in [0.1, 0.15) is 87.1 Å². The SMILES string of the molecule is CCCCCCCCCCCCOS(=O)(=O)c1ccccc1.O=C(c1ccccc1)C(O)(CO)c1ccccc1. The Morgan fingerprint density at radius 3 is 1.65 bits per heavy atom. The van der Waals surface area contributed by atoms with E-state index < -0.39 is 28.1 Å². The van der Waals surface area contributed by atoms with Gasteiger partial charge in [-0.1, -0.05) is 144 Å². The highest BCUT2D eigenvalue weighted by Gasteiger charge is 2.37. The van der Waals surface area contributed by atoms with Gasteiger partial charge in [0, 0.05) is 5.56 Å². The zero-order valence-electron chi connectivity index (χ0n) is 23.6. The topological polar surface area (TPSA) is 101 Å². The molecule has 40 heavy (non-hydrogen) atoms. The molecule has 0 spiro atoms. The highest BCUT2D eigenvalue weighted by atomic mass is 32.2. The summed E-state index contributed by atoms with van der Waals surface area (Å²) >= 11 is 0. The monoisotopic (exact) mass is 568 g/mol. The average molecular weight is 569 g/mol. The van der Waals surface area contributed by atoms with Crippen molar-refractivity contribution in [1.29, 1.82) is 0 Å². The molecule has 3 rings (SSSR count). The van der Waals surface area contributed by atoms with Gasteiger partial charge in [0.15, 0.2) is 5.60 Å². The van der Waals surface area contributed by atoms with Gasteiger partial charge < -0.3 is 10.2 Å². The molecule has 6 nitrogen and oxygen atoms in total. The molecule has 0 saturated heterocycles. The van der Waals surface area contributed by atoms with Gasteiger partial charge in [0.2, 0.25) is 5.78 Å². The van der Waals surface area contributed by atoms with E-state index >= 15 is 0 Å². The molecule has 3 aromatic carbocycles. The third kappa shape index (κ3) is 11.3. The molecule has 0 saturated carbocycles. The van der Waals surface area contributed by atoms with Crippen molar-refractivity contribution in [2.75, 3.05) is 13.2 Å². The number of rotatable bonds is 17. The fraction of sp³-hybridized carbons (Fsp3) is 0.424. The van der Waals surface area contributed by atoms with E-state index in [1.807, 2.05) is 0 Å². The van der Waals surface area contributed by atoms with Gasteiger partial charge >= 0.3 is 0 Å². The second kappa shape index (κ2) is 18.5. The summed E-state index contributed by atoms with van der Waals surface area (Å²) in [6.45, 7) is 1.87. The number of unbranched alkanes of at least 4 members (excludes halogenated alkanes) is 9. The second-order valence-corrected chi connectivity index (χ2v) is 11.5. The summed E-state index contributed by atoms with van der Waals surface area (Å²) in [5, 5.41) is 19.8. The summed E-state index contributed by atoms with van der Waals surface area (Å²) in [5.74, 6) is -0.503. The maximum Gasteiger partial charge on any atom is 0.296 e. The van der Waals surface area contributed by atoms with Crippen LogP contribution in [-0.4, -0.2) is 37.6 Å². The largest absolute Gasteiger partial charge is 0.393 e. The summed E-state index contributed by atoms with van der Waals surface area (Å²) < 4.78 is 28.8. The fourth-order valence-electron chi connectivity index (χ4n) is 4.25. The number of carbonyl (C=O) groups is 1. The van der Waals surface area contributed by atoms with Crippen LogP contribution < -0.4 is 0 Å². The van der Waals surface area contributed by atoms with E-state index in [0.717, 1.165) is 12.8 Å². The normalized spacial score (nSPS) is 12.7. The minimum atomic E-state index is -3.57. The van der Waals surface area contributed by atoms with Gasteiger partial charge in [-0.3, -0.25) is 8.98 Å². The third-order valence-electron chi connectivity index (χ3n) is 6.66. The first-order chi connectivity index (χ1) is 19.3. The van der Waals surface area contributed by atoms with Crippen LogP contribution >= 0.6 is 0 Å². The standard InChI is InChI=1S/C18H30O3S.C15H14O3/c1-2-3-4-5-6-7-8-9-10-14-17-21-22(19,20)18-15-12-11-13-16-18;16-11-15(18,13-9-5-2-6-10-13)14(17)12-7-3-1-4-8-12/h11-13,15-16H,2-10,14,17H2,1H3;1-10,16,18H,11H2. The number of carbonyl (C=O) groups excluding carboxylic acids is 1. The highest BCUT2D eigenvalue weighted by Crippen LogP contribution is 2.25. The van der Waals surface area contributed by atoms with Crippen molar-refractivity contribution in [3.05, 3.63) is 102 Å². The summed E-state index contributed by atoms with van der Waals surface area (Å²) in [6, 6.07) is 25.3. The Morgan fingerprint density at radius 1 is 0.700 bits per heavy atom. The fourth-order valence-corrected chi connectivity index (χ4v) is 5.21. The molecule has 0 amide bonds. The van der Waals surface area contributed by atoms with E-state index in [0.29, 0.717) is 11.1 Å². The van der Waals surface area contributed by atoms with Gasteiger partial charge in [-0.25, -0.2) is 0 Å². The molecule has 0 radical (unpaired) electrons. The second-order valence-electron chi connectivity index (χ2n) is 9.85. The van der Waals surface area contributed by atoms with E-state index in [-0.39, 0.29) is 11.5 Å². The van der Waals surface area contributed by atoms with Crippen molar-refractivity contribution in [2.45, 2.75) is 81.6 Å². The van der Waals surface area contributed by atoms with Crippen LogP contribution in [0.5, 0.6) is 0 Å². The molecule has 0 aliphatic heterocycles. The van der Waals surface area contributed by atoms with Gasteiger partial charge in [-0.15, -0.1) is 0 Å². The van der Waals surface area contributed by atoms with E-state index in [4.69, 9.17) is 4.18 Å². The quantitative estimate of drug-likeness (QED) is 0.103. The molecule has 0 aliphatic carbocycles. The van der Waals surface area contributed by atoms with Gasteiger partial charge in [0.25, 0.3) is 10.1 Å². The molecule has 1 unspecified atom stereocenters. The van der Waals surface area contributed by atoms with E-state index in [9.17, 15) is 23.4 Å². The van der Waals surface area contributed by atoms with Crippen molar-refractivity contribution in [3.63, 3.8) is 0 Å². The third-order valence-corrected chi connectivity index (χ3v) is 7.99. The molecule has 0 fully saturated rings. The van der Waals surface area contributed by atoms with Crippen molar-refractivity contribution < 1.29 is 27.6 Å². The Hall–Kier alpha value is -2.84. The Kier molecular flexibility index (Phi) is 15.4. The molecule has 0 bridgehead atoms. The Morgan fingerprint density at radius 2 is 1.15 bits per heavy atom. The molecule has 1 atom stereocenters. The maximum absolute atomic E-state index is 12.3. The van der Waals surface area contributed by atoms with Gasteiger partial charge in [-0.05, 0) is 24.1 Å². The lowest BCUT2D eigenvalue weighted by molar-refractivity contribution is -0.00399. The van der Waals surface area contributed by atoms with Crippen molar-refractivity contribution >= 4 is 15.9 Å². The summed E-state index contributed by atoms with van der Waals surface area (Å²) in [6.07, 6.45) is 12.3. The number of ketones is 1. The molecule has 7 heteroatoms. The average Bonchev–Trinajstić information content (AvgIpc) is 3.00. The van der Waals surface area contributed by atoms with Crippen LogP contribution in [0.3, 0.4) is 0 Å². The Bertz CT molecular complexity index is 1180. The lowest BCUT2D eigenvalue weighted by Crippen LogP contribution is -2.39. The van der Waals surface area contributed by atoms with E-state index in [1.54, 1.807) is 91.0 Å². The number of hydrogen-bond donors (Lipinski definition) is 2. The van der Waals surface area contributed by atoms with Crippen molar-refractivity contribution in [2.24, 2.45) is 0 Å². The van der Waals surface area contributed by atoms with Crippen LogP contribution in [0.25, 0.3) is 0 Å².